The molecule has 2 N–H and O–H groups in total. The molecule has 0 saturated carbocycles. The Bertz CT molecular complexity index is 1290. The summed E-state index contributed by atoms with van der Waals surface area (Å²) in [6, 6.07) is 0.260. The van der Waals surface area contributed by atoms with E-state index in [1.165, 1.54) is 7.11 Å². The lowest BCUT2D eigenvalue weighted by Crippen LogP contribution is -2.70. The van der Waals surface area contributed by atoms with Gasteiger partial charge in [0.15, 0.2) is 24.1 Å². The number of hydrogen-bond donors (Lipinski definition) is 2. The van der Waals surface area contributed by atoms with Gasteiger partial charge in [0.25, 0.3) is 0 Å². The van der Waals surface area contributed by atoms with Crippen LogP contribution in [0.1, 0.15) is 67.7 Å². The molecule has 10 atom stereocenters. The zero-order valence-electron chi connectivity index (χ0n) is 28.9. The molecule has 256 valence electrons. The number of methoxy groups -OCH3 is 1. The zero-order chi connectivity index (χ0) is 33.8. The number of carbonyl (C=O) groups excluding carboxylic acids is 2. The van der Waals surface area contributed by atoms with Crippen LogP contribution in [0.25, 0.3) is 0 Å². The maximum absolute atomic E-state index is 14.1. The molecule has 3 fully saturated rings. The number of hydrogen-bond acceptors (Lipinski definition) is 12. The van der Waals surface area contributed by atoms with E-state index in [9.17, 15) is 20.0 Å². The fraction of sp³-hybridized carbons (Fsp3) is 0.794. The fourth-order valence-electron chi connectivity index (χ4n) is 8.77. The number of Topliss-reactive ketones (excluding diaryl/α,β-unsaturated/α-hetero) is 2. The van der Waals surface area contributed by atoms with Crippen molar-refractivity contribution in [1.82, 2.24) is 15.1 Å². The van der Waals surface area contributed by atoms with Gasteiger partial charge < -0.3 is 39.0 Å². The summed E-state index contributed by atoms with van der Waals surface area (Å²) in [6.45, 7) is 13.2. The molecule has 3 saturated heterocycles. The zero-order valence-corrected chi connectivity index (χ0v) is 28.9. The summed E-state index contributed by atoms with van der Waals surface area (Å²) >= 11 is 0. The highest BCUT2D eigenvalue weighted by Crippen LogP contribution is 2.47. The van der Waals surface area contributed by atoms with Crippen LogP contribution in [-0.4, -0.2) is 127 Å². The summed E-state index contributed by atoms with van der Waals surface area (Å²) in [5, 5.41) is 25.7. The summed E-state index contributed by atoms with van der Waals surface area (Å²) in [7, 11) is 5.20. The van der Waals surface area contributed by atoms with Crippen LogP contribution in [0.2, 0.25) is 0 Å². The van der Waals surface area contributed by atoms with Crippen molar-refractivity contribution >= 4 is 11.6 Å². The van der Waals surface area contributed by atoms with Gasteiger partial charge in [-0.05, 0) is 75.4 Å². The highest BCUT2D eigenvalue weighted by molar-refractivity contribution is 6.25. The van der Waals surface area contributed by atoms with Gasteiger partial charge in [-0.25, -0.2) is 0 Å². The second-order valence-electron chi connectivity index (χ2n) is 14.5. The Morgan fingerprint density at radius 2 is 1.83 bits per heavy atom. The Hall–Kier alpha value is -2.21. The Morgan fingerprint density at radius 1 is 1.17 bits per heavy atom. The van der Waals surface area contributed by atoms with Crippen LogP contribution >= 0.6 is 0 Å². The van der Waals surface area contributed by atoms with Crippen molar-refractivity contribution < 1.29 is 38.4 Å². The molecule has 12 nitrogen and oxygen atoms in total. The number of allylic oxidation sites excluding steroid dienone is 2. The monoisotopic (exact) mass is 644 g/mol. The normalized spacial score (nSPS) is 38.3. The quantitative estimate of drug-likeness (QED) is 0.266. The molecule has 5 rings (SSSR count). The third-order valence-corrected chi connectivity index (χ3v) is 10.3. The van der Waals surface area contributed by atoms with Gasteiger partial charge in [0.2, 0.25) is 5.78 Å². The number of nitrogens with zero attached hydrogens (tertiary/aromatic N) is 3. The molecular weight excluding hydrogens is 592 g/mol. The van der Waals surface area contributed by atoms with E-state index >= 15 is 0 Å². The second-order valence-corrected chi connectivity index (χ2v) is 14.5. The van der Waals surface area contributed by atoms with Gasteiger partial charge in [0.05, 0.1) is 55.8 Å². The lowest BCUT2D eigenvalue weighted by atomic mass is 9.75. The van der Waals surface area contributed by atoms with Gasteiger partial charge in [-0.15, -0.1) is 0 Å². The van der Waals surface area contributed by atoms with E-state index in [2.05, 4.69) is 16.3 Å². The van der Waals surface area contributed by atoms with E-state index in [1.54, 1.807) is 13.8 Å². The topological polar surface area (TPSA) is 143 Å². The lowest BCUT2D eigenvalue weighted by Gasteiger charge is -2.53. The fourth-order valence-corrected chi connectivity index (χ4v) is 8.77. The maximum atomic E-state index is 14.1. The van der Waals surface area contributed by atoms with E-state index in [4.69, 9.17) is 23.7 Å². The number of ketones is 2. The molecule has 0 aromatic rings. The Kier molecular flexibility index (Phi) is 10.2. The number of nitrogens with one attached hydrogen (secondary N) is 1. The second kappa shape index (κ2) is 13.4. The Labute approximate surface area is 273 Å². The third-order valence-electron chi connectivity index (χ3n) is 10.3. The number of carbonyl (C=O) groups is 2. The first kappa shape index (κ1) is 35.1. The van der Waals surface area contributed by atoms with Gasteiger partial charge in [-0.3, -0.25) is 14.5 Å². The minimum Gasteiger partial charge on any atom is -0.492 e. The predicted molar refractivity (Wildman–Crippen MR) is 168 cm³/mol. The molecule has 1 aliphatic carbocycles. The number of nitriles is 1. The highest BCUT2D eigenvalue weighted by atomic mass is 16.7. The van der Waals surface area contributed by atoms with Crippen LogP contribution in [0.15, 0.2) is 22.5 Å². The smallest absolute Gasteiger partial charge is 0.226 e. The molecule has 46 heavy (non-hydrogen) atoms. The van der Waals surface area contributed by atoms with Gasteiger partial charge in [-0.1, -0.05) is 0 Å². The molecule has 12 heteroatoms. The van der Waals surface area contributed by atoms with Crippen molar-refractivity contribution in [3.63, 3.8) is 0 Å². The van der Waals surface area contributed by atoms with Gasteiger partial charge in [-0.2, -0.15) is 5.26 Å². The SMILES string of the molecule is COC1=C(C)C(=O)C2=C(C1=O)[C@H](CO[C@H]1C[C@](C)(O)[C@H](N(C)C)[C@H](C)O1)N1[C@@H](C#N)[C@@H]3C[C@@H](C(OC(C)C)OC(C)C)[C@@H](N3)[C@@H]1C2. The first-order chi connectivity index (χ1) is 21.6. The van der Waals surface area contributed by atoms with Gasteiger partial charge >= 0.3 is 0 Å². The summed E-state index contributed by atoms with van der Waals surface area (Å²) in [4.78, 5) is 32.0. The molecule has 0 aromatic heterocycles. The molecule has 5 aliphatic rings. The molecular formula is C34H52N4O8. The summed E-state index contributed by atoms with van der Waals surface area (Å²) < 4.78 is 30.7. The minimum atomic E-state index is -1.09. The summed E-state index contributed by atoms with van der Waals surface area (Å²) in [5.74, 6) is -0.659. The van der Waals surface area contributed by atoms with Crippen molar-refractivity contribution in [3.05, 3.63) is 22.5 Å². The lowest BCUT2D eigenvalue weighted by molar-refractivity contribution is -0.259. The molecule has 0 amide bonds. The van der Waals surface area contributed by atoms with Crippen LogP contribution in [0.4, 0.5) is 0 Å². The van der Waals surface area contributed by atoms with E-state index in [0.29, 0.717) is 17.6 Å². The van der Waals surface area contributed by atoms with Crippen molar-refractivity contribution in [2.45, 2.75) is 140 Å². The van der Waals surface area contributed by atoms with Crippen molar-refractivity contribution in [3.8, 4) is 6.07 Å². The third kappa shape index (κ3) is 6.21. The molecule has 4 aliphatic heterocycles. The van der Waals surface area contributed by atoms with Crippen LogP contribution in [0, 0.1) is 17.2 Å². The largest absolute Gasteiger partial charge is 0.492 e. The summed E-state index contributed by atoms with van der Waals surface area (Å²) in [5.41, 5.74) is -0.0645. The molecule has 0 radical (unpaired) electrons. The van der Waals surface area contributed by atoms with Gasteiger partial charge in [0, 0.05) is 47.2 Å². The standard InChI is InChI=1S/C34H52N4O8/c1-16(2)44-33(45-17(3)4)21-11-22-24(14-35)38-23(28(21)36-22)12-20-27(30(40)31(42-10)18(5)29(20)39)25(38)15-43-26-13-34(7,41)32(37(8)9)19(6)46-26/h16-17,19,21-26,28,32-33,36,41H,11-13,15H2,1-10H3/t19-,21+,22-,23-,24-,25-,26+,28+,32+,34-/m0/s1. The average molecular weight is 645 g/mol. The first-order valence-corrected chi connectivity index (χ1v) is 16.6. The molecule has 0 spiro atoms. The van der Waals surface area contributed by atoms with Crippen molar-refractivity contribution in [2.24, 2.45) is 5.92 Å². The van der Waals surface area contributed by atoms with Crippen molar-refractivity contribution in [2.75, 3.05) is 27.8 Å². The molecule has 2 bridgehead atoms. The van der Waals surface area contributed by atoms with Crippen LogP contribution in [0.3, 0.4) is 0 Å². The number of fused-ring (bicyclic) bond motifs is 4. The minimum absolute atomic E-state index is 0.0127. The Morgan fingerprint density at radius 3 is 2.37 bits per heavy atom. The number of likely N-dealkylation sites (N-methyl/N-ethyl adjacent to an activating group) is 1. The van der Waals surface area contributed by atoms with E-state index in [0.717, 1.165) is 0 Å². The number of aliphatic hydroxyl groups is 1. The van der Waals surface area contributed by atoms with E-state index < -0.39 is 30.3 Å². The molecule has 4 heterocycles. The van der Waals surface area contributed by atoms with E-state index in [1.807, 2.05) is 53.6 Å². The maximum Gasteiger partial charge on any atom is 0.226 e. The van der Waals surface area contributed by atoms with Crippen LogP contribution in [-0.2, 0) is 33.3 Å². The van der Waals surface area contributed by atoms with Gasteiger partial charge in [0.1, 0.15) is 6.04 Å². The van der Waals surface area contributed by atoms with Crippen LogP contribution < -0.4 is 5.32 Å². The highest BCUT2D eigenvalue weighted by Gasteiger charge is 2.59. The predicted octanol–water partition coefficient (Wildman–Crippen LogP) is 2.06. The number of piperazine rings is 1. The average Bonchev–Trinajstić information content (AvgIpc) is 3.33. The number of ether oxygens (including phenoxy) is 5. The number of rotatable bonds is 10. The Balaban J connectivity index is 1.53. The first-order valence-electron chi connectivity index (χ1n) is 16.6. The van der Waals surface area contributed by atoms with Crippen molar-refractivity contribution in [1.29, 1.82) is 5.26 Å². The summed E-state index contributed by atoms with van der Waals surface area (Å²) in [6.07, 6.45) is -0.606. The van der Waals surface area contributed by atoms with E-state index in [-0.39, 0.29) is 90.7 Å². The van der Waals surface area contributed by atoms with Crippen LogP contribution in [0.5, 0.6) is 0 Å². The molecule has 0 aromatic carbocycles. The molecule has 0 unspecified atom stereocenters.